The van der Waals surface area contributed by atoms with Gasteiger partial charge in [-0.1, -0.05) is 25.0 Å². The van der Waals surface area contributed by atoms with Crippen LogP contribution in [0.3, 0.4) is 0 Å². The van der Waals surface area contributed by atoms with Crippen molar-refractivity contribution < 1.29 is 9.18 Å². The summed E-state index contributed by atoms with van der Waals surface area (Å²) in [7, 11) is 0. The summed E-state index contributed by atoms with van der Waals surface area (Å²) in [6.45, 7) is 3.30. The van der Waals surface area contributed by atoms with Crippen molar-refractivity contribution in [2.24, 2.45) is 0 Å². The zero-order valence-corrected chi connectivity index (χ0v) is 12.5. The minimum Gasteiger partial charge on any atom is -0.338 e. The monoisotopic (exact) mass is 290 g/mol. The molecule has 2 fully saturated rings. The number of carbonyl (C=O) groups excluding carboxylic acids is 1. The predicted molar refractivity (Wildman–Crippen MR) is 80.6 cm³/mol. The van der Waals surface area contributed by atoms with E-state index in [-0.39, 0.29) is 23.7 Å². The topological polar surface area (TPSA) is 32.3 Å². The molecule has 0 saturated carbocycles. The van der Waals surface area contributed by atoms with Crippen LogP contribution < -0.4 is 5.32 Å². The van der Waals surface area contributed by atoms with Crippen LogP contribution in [0.1, 0.15) is 44.1 Å². The van der Waals surface area contributed by atoms with Crippen LogP contribution in [0.25, 0.3) is 0 Å². The molecular formula is C17H23FN2O. The number of nitrogens with one attached hydrogen (secondary N) is 1. The first kappa shape index (κ1) is 14.5. The smallest absolute Gasteiger partial charge is 0.219 e. The Bertz CT molecular complexity index is 519. The van der Waals surface area contributed by atoms with Crippen molar-refractivity contribution in [1.82, 2.24) is 10.2 Å². The maximum atomic E-state index is 13.5. The van der Waals surface area contributed by atoms with Gasteiger partial charge in [-0.25, -0.2) is 4.39 Å². The largest absolute Gasteiger partial charge is 0.338 e. The second-order valence-electron chi connectivity index (χ2n) is 6.23. The quantitative estimate of drug-likeness (QED) is 0.862. The van der Waals surface area contributed by atoms with E-state index in [9.17, 15) is 9.18 Å². The highest BCUT2D eigenvalue weighted by Gasteiger charge is 2.41. The van der Waals surface area contributed by atoms with Gasteiger partial charge in [-0.05, 0) is 30.5 Å². The highest BCUT2D eigenvalue weighted by Crippen LogP contribution is 2.34. The summed E-state index contributed by atoms with van der Waals surface area (Å²) in [6, 6.07) is 7.33. The predicted octanol–water partition coefficient (Wildman–Crippen LogP) is 2.67. The van der Waals surface area contributed by atoms with Crippen LogP contribution in [0.5, 0.6) is 0 Å². The van der Waals surface area contributed by atoms with Gasteiger partial charge in [0.1, 0.15) is 5.82 Å². The Hall–Kier alpha value is -1.42. The van der Waals surface area contributed by atoms with Gasteiger partial charge in [0.25, 0.3) is 0 Å². The van der Waals surface area contributed by atoms with Crippen LogP contribution in [0.15, 0.2) is 24.3 Å². The number of halogens is 1. The van der Waals surface area contributed by atoms with Gasteiger partial charge in [-0.2, -0.15) is 0 Å². The number of likely N-dealkylation sites (tertiary alicyclic amines) is 1. The number of hydrogen-bond acceptors (Lipinski definition) is 2. The average Bonchev–Trinajstić information content (AvgIpc) is 2.81. The van der Waals surface area contributed by atoms with Crippen molar-refractivity contribution in [1.29, 1.82) is 0 Å². The highest BCUT2D eigenvalue weighted by atomic mass is 19.1. The number of benzene rings is 1. The van der Waals surface area contributed by atoms with Gasteiger partial charge in [0.2, 0.25) is 5.91 Å². The van der Waals surface area contributed by atoms with Crippen molar-refractivity contribution >= 4 is 5.91 Å². The summed E-state index contributed by atoms with van der Waals surface area (Å²) in [6.07, 6.45) is 4.55. The van der Waals surface area contributed by atoms with Gasteiger partial charge in [-0.15, -0.1) is 0 Å². The van der Waals surface area contributed by atoms with E-state index in [2.05, 4.69) is 5.32 Å². The molecule has 1 N–H and O–H groups in total. The van der Waals surface area contributed by atoms with Crippen LogP contribution in [0.4, 0.5) is 4.39 Å². The minimum atomic E-state index is -0.198. The number of nitrogens with zero attached hydrogens (tertiary/aromatic N) is 1. The van der Waals surface area contributed by atoms with E-state index < -0.39 is 0 Å². The van der Waals surface area contributed by atoms with E-state index in [1.165, 1.54) is 18.9 Å². The fourth-order valence-corrected chi connectivity index (χ4v) is 3.90. The number of amides is 1. The van der Waals surface area contributed by atoms with Crippen LogP contribution >= 0.6 is 0 Å². The SMILES string of the molecule is CC(=O)N1CCCCC[C@H]2NC[C@@H](c3cccc(F)c3)[C@@H]21. The Morgan fingerprint density at radius 1 is 1.33 bits per heavy atom. The lowest BCUT2D eigenvalue weighted by Crippen LogP contribution is -2.49. The molecule has 3 atom stereocenters. The maximum absolute atomic E-state index is 13.5. The van der Waals surface area contributed by atoms with Crippen LogP contribution in [-0.2, 0) is 4.79 Å². The number of rotatable bonds is 1. The molecular weight excluding hydrogens is 267 g/mol. The summed E-state index contributed by atoms with van der Waals surface area (Å²) in [5.41, 5.74) is 1.00. The molecule has 0 radical (unpaired) electrons. The Morgan fingerprint density at radius 2 is 2.19 bits per heavy atom. The number of fused-ring (bicyclic) bond motifs is 1. The zero-order valence-electron chi connectivity index (χ0n) is 12.5. The summed E-state index contributed by atoms with van der Waals surface area (Å²) >= 11 is 0. The molecule has 0 unspecified atom stereocenters. The van der Waals surface area contributed by atoms with E-state index in [0.29, 0.717) is 6.04 Å². The summed E-state index contributed by atoms with van der Waals surface area (Å²) < 4.78 is 13.5. The van der Waals surface area contributed by atoms with Gasteiger partial charge in [0.05, 0.1) is 6.04 Å². The molecule has 4 heteroatoms. The van der Waals surface area contributed by atoms with Gasteiger partial charge in [0.15, 0.2) is 0 Å². The minimum absolute atomic E-state index is 0.136. The molecule has 3 rings (SSSR count). The zero-order chi connectivity index (χ0) is 14.8. The molecule has 2 aliphatic heterocycles. The second-order valence-corrected chi connectivity index (χ2v) is 6.23. The molecule has 0 aliphatic carbocycles. The van der Waals surface area contributed by atoms with Crippen molar-refractivity contribution in [3.63, 3.8) is 0 Å². The molecule has 2 heterocycles. The molecule has 21 heavy (non-hydrogen) atoms. The van der Waals surface area contributed by atoms with Gasteiger partial charge in [-0.3, -0.25) is 4.79 Å². The second kappa shape index (κ2) is 6.14. The number of carbonyl (C=O) groups is 1. The summed E-state index contributed by atoms with van der Waals surface area (Å²) in [5.74, 6) is 0.126. The van der Waals surface area contributed by atoms with Crippen molar-refractivity contribution in [3.8, 4) is 0 Å². The summed E-state index contributed by atoms with van der Waals surface area (Å²) in [4.78, 5) is 14.1. The maximum Gasteiger partial charge on any atom is 0.219 e. The fourth-order valence-electron chi connectivity index (χ4n) is 3.90. The Morgan fingerprint density at radius 3 is 2.95 bits per heavy atom. The molecule has 0 spiro atoms. The van der Waals surface area contributed by atoms with E-state index in [1.54, 1.807) is 19.1 Å². The first-order valence-corrected chi connectivity index (χ1v) is 7.93. The molecule has 1 aromatic carbocycles. The van der Waals surface area contributed by atoms with Gasteiger partial charge in [0, 0.05) is 32.0 Å². The average molecular weight is 290 g/mol. The van der Waals surface area contributed by atoms with E-state index in [0.717, 1.165) is 31.5 Å². The summed E-state index contributed by atoms with van der Waals surface area (Å²) in [5, 5.41) is 3.56. The van der Waals surface area contributed by atoms with E-state index in [1.807, 2.05) is 11.0 Å². The molecule has 1 aromatic rings. The number of hydrogen-bond donors (Lipinski definition) is 1. The van der Waals surface area contributed by atoms with Crippen molar-refractivity contribution in [2.75, 3.05) is 13.1 Å². The van der Waals surface area contributed by atoms with Crippen molar-refractivity contribution in [3.05, 3.63) is 35.6 Å². The van der Waals surface area contributed by atoms with Crippen molar-refractivity contribution in [2.45, 2.75) is 50.6 Å². The van der Waals surface area contributed by atoms with Crippen LogP contribution in [0.2, 0.25) is 0 Å². The lowest BCUT2D eigenvalue weighted by Gasteiger charge is -2.37. The molecule has 1 amide bonds. The Kier molecular flexibility index (Phi) is 4.24. The third-order valence-electron chi connectivity index (χ3n) is 4.88. The molecule has 2 saturated heterocycles. The Labute approximate surface area is 125 Å². The molecule has 0 aromatic heterocycles. The molecule has 114 valence electrons. The molecule has 0 bridgehead atoms. The third-order valence-corrected chi connectivity index (χ3v) is 4.88. The van der Waals surface area contributed by atoms with Gasteiger partial charge >= 0.3 is 0 Å². The Balaban J connectivity index is 1.92. The van der Waals surface area contributed by atoms with E-state index in [4.69, 9.17) is 0 Å². The standard InChI is InChI=1S/C17H23FN2O/c1-12(21)20-9-4-2-3-8-16-17(20)15(11-19-16)13-6-5-7-14(18)10-13/h5-7,10,15-17,19H,2-4,8-9,11H2,1H3/t15-,16+,17-/m0/s1. The first-order chi connectivity index (χ1) is 10.2. The third kappa shape index (κ3) is 2.95. The lowest BCUT2D eigenvalue weighted by molar-refractivity contribution is -0.132. The molecule has 3 nitrogen and oxygen atoms in total. The lowest BCUT2D eigenvalue weighted by atomic mass is 9.87. The van der Waals surface area contributed by atoms with E-state index >= 15 is 0 Å². The molecule has 2 aliphatic rings. The normalized spacial score (nSPS) is 29.6. The highest BCUT2D eigenvalue weighted by molar-refractivity contribution is 5.74. The first-order valence-electron chi connectivity index (χ1n) is 7.93. The van der Waals surface area contributed by atoms with Crippen LogP contribution in [-0.4, -0.2) is 36.0 Å². The fraction of sp³-hybridized carbons (Fsp3) is 0.588. The van der Waals surface area contributed by atoms with Crippen LogP contribution in [0, 0.1) is 5.82 Å². The van der Waals surface area contributed by atoms with Gasteiger partial charge < -0.3 is 10.2 Å².